The second-order valence-electron chi connectivity index (χ2n) is 5.87. The number of aryl methyl sites for hydroxylation is 1. The smallest absolute Gasteiger partial charge is 0.315 e. The summed E-state index contributed by atoms with van der Waals surface area (Å²) in [5.41, 5.74) is 2.11. The van der Waals surface area contributed by atoms with Crippen LogP contribution in [0.3, 0.4) is 0 Å². The minimum Gasteiger partial charge on any atom is -0.335 e. The quantitative estimate of drug-likeness (QED) is 0.764. The van der Waals surface area contributed by atoms with E-state index in [4.69, 9.17) is 0 Å². The highest BCUT2D eigenvalue weighted by atomic mass is 16.2. The molecule has 1 unspecified atom stereocenters. The van der Waals surface area contributed by atoms with Crippen LogP contribution < -0.4 is 16.2 Å². The van der Waals surface area contributed by atoms with Crippen molar-refractivity contribution in [2.45, 2.75) is 57.0 Å². The maximum Gasteiger partial charge on any atom is 0.315 e. The van der Waals surface area contributed by atoms with Crippen molar-refractivity contribution in [3.05, 3.63) is 33.7 Å². The van der Waals surface area contributed by atoms with E-state index in [1.165, 1.54) is 12.8 Å². The number of pyridine rings is 1. The van der Waals surface area contributed by atoms with E-state index in [-0.39, 0.29) is 17.6 Å². The topological polar surface area (TPSA) is 74.0 Å². The van der Waals surface area contributed by atoms with Gasteiger partial charge in [-0.05, 0) is 37.7 Å². The molecule has 108 valence electrons. The molecule has 1 fully saturated rings. The molecule has 1 aromatic heterocycles. The first kappa shape index (κ1) is 13.2. The zero-order chi connectivity index (χ0) is 13.9. The van der Waals surface area contributed by atoms with Gasteiger partial charge in [0.05, 0.1) is 0 Å². The Bertz CT molecular complexity index is 546. The number of nitrogens with one attached hydrogen (secondary N) is 3. The fourth-order valence-corrected chi connectivity index (χ4v) is 3.25. The van der Waals surface area contributed by atoms with Gasteiger partial charge in [0, 0.05) is 23.8 Å². The van der Waals surface area contributed by atoms with Crippen molar-refractivity contribution in [1.82, 2.24) is 15.6 Å². The molecule has 0 saturated heterocycles. The molecular formula is C15H21N3O2. The number of amides is 2. The molecule has 5 heteroatoms. The zero-order valence-corrected chi connectivity index (χ0v) is 11.6. The fraction of sp³-hybridized carbons (Fsp3) is 0.600. The Kier molecular flexibility index (Phi) is 3.76. The van der Waals surface area contributed by atoms with Gasteiger partial charge >= 0.3 is 6.03 Å². The van der Waals surface area contributed by atoms with Gasteiger partial charge in [-0.2, -0.15) is 0 Å². The van der Waals surface area contributed by atoms with Crippen molar-refractivity contribution in [3.8, 4) is 0 Å². The molecule has 0 radical (unpaired) electrons. The molecule has 0 spiro atoms. The first-order valence-electron chi connectivity index (χ1n) is 7.49. The molecule has 2 aliphatic carbocycles. The molecule has 2 aliphatic rings. The zero-order valence-electron chi connectivity index (χ0n) is 11.6. The van der Waals surface area contributed by atoms with Crippen LogP contribution in [0.2, 0.25) is 0 Å². The van der Waals surface area contributed by atoms with Gasteiger partial charge in [-0.3, -0.25) is 4.79 Å². The second kappa shape index (κ2) is 5.69. The van der Waals surface area contributed by atoms with Crippen LogP contribution in [0.4, 0.5) is 4.79 Å². The van der Waals surface area contributed by atoms with E-state index >= 15 is 0 Å². The van der Waals surface area contributed by atoms with Crippen LogP contribution in [0.1, 0.15) is 43.4 Å². The first-order chi connectivity index (χ1) is 9.70. The summed E-state index contributed by atoms with van der Waals surface area (Å²) in [6.45, 7) is 0. The number of aromatic amines is 1. The van der Waals surface area contributed by atoms with Crippen molar-refractivity contribution < 1.29 is 4.79 Å². The highest BCUT2D eigenvalue weighted by Gasteiger charge is 2.22. The largest absolute Gasteiger partial charge is 0.335 e. The third-order valence-corrected chi connectivity index (χ3v) is 4.33. The molecule has 1 heterocycles. The molecule has 3 rings (SSSR count). The summed E-state index contributed by atoms with van der Waals surface area (Å²) in [5.74, 6) is 0. The van der Waals surface area contributed by atoms with E-state index in [1.54, 1.807) is 6.07 Å². The normalized spacial score (nSPS) is 22.3. The van der Waals surface area contributed by atoms with Crippen molar-refractivity contribution in [2.75, 3.05) is 0 Å². The Morgan fingerprint density at radius 3 is 2.65 bits per heavy atom. The summed E-state index contributed by atoms with van der Waals surface area (Å²) < 4.78 is 0. The predicted octanol–water partition coefficient (Wildman–Crippen LogP) is 1.47. The van der Waals surface area contributed by atoms with E-state index in [0.717, 1.165) is 43.4 Å². The Balaban J connectivity index is 1.55. The highest BCUT2D eigenvalue weighted by molar-refractivity contribution is 5.74. The lowest BCUT2D eigenvalue weighted by Crippen LogP contribution is -2.47. The third-order valence-electron chi connectivity index (χ3n) is 4.33. The molecule has 5 nitrogen and oxygen atoms in total. The van der Waals surface area contributed by atoms with Crippen LogP contribution in [-0.2, 0) is 12.8 Å². The molecule has 1 saturated carbocycles. The van der Waals surface area contributed by atoms with Gasteiger partial charge in [-0.15, -0.1) is 0 Å². The van der Waals surface area contributed by atoms with Gasteiger partial charge in [0.2, 0.25) is 5.56 Å². The van der Waals surface area contributed by atoms with Gasteiger partial charge < -0.3 is 15.6 Å². The maximum atomic E-state index is 12.0. The molecular weight excluding hydrogens is 254 g/mol. The van der Waals surface area contributed by atoms with Gasteiger partial charge in [-0.1, -0.05) is 18.9 Å². The molecule has 0 bridgehead atoms. The predicted molar refractivity (Wildman–Crippen MR) is 76.8 cm³/mol. The van der Waals surface area contributed by atoms with Gasteiger partial charge in [-0.25, -0.2) is 4.79 Å². The Morgan fingerprint density at radius 1 is 1.10 bits per heavy atom. The van der Waals surface area contributed by atoms with Crippen molar-refractivity contribution in [1.29, 1.82) is 0 Å². The summed E-state index contributed by atoms with van der Waals surface area (Å²) in [4.78, 5) is 26.1. The number of urea groups is 1. The second-order valence-corrected chi connectivity index (χ2v) is 5.87. The van der Waals surface area contributed by atoms with Crippen molar-refractivity contribution in [2.24, 2.45) is 0 Å². The SMILES string of the molecule is O=C(NC1CCCC1)NC1CCc2[nH]c(=O)ccc2C1. The maximum absolute atomic E-state index is 12.0. The third kappa shape index (κ3) is 3.03. The Morgan fingerprint density at radius 2 is 1.85 bits per heavy atom. The summed E-state index contributed by atoms with van der Waals surface area (Å²) in [5, 5.41) is 6.11. The number of hydrogen-bond donors (Lipinski definition) is 3. The summed E-state index contributed by atoms with van der Waals surface area (Å²) in [6, 6.07) is 3.89. The standard InChI is InChI=1S/C15H21N3O2/c19-14-8-5-10-9-12(6-7-13(10)18-14)17-15(20)16-11-3-1-2-4-11/h5,8,11-12H,1-4,6-7,9H2,(H,18,19)(H2,16,17,20). The summed E-state index contributed by atoms with van der Waals surface area (Å²) in [6.07, 6.45) is 7.13. The van der Waals surface area contributed by atoms with Crippen LogP contribution in [0.25, 0.3) is 0 Å². The Hall–Kier alpha value is -1.78. The van der Waals surface area contributed by atoms with Gasteiger partial charge in [0.25, 0.3) is 0 Å². The lowest BCUT2D eigenvalue weighted by atomic mass is 9.92. The highest BCUT2D eigenvalue weighted by Crippen LogP contribution is 2.19. The minimum atomic E-state index is -0.0471. The number of aromatic nitrogens is 1. The number of carbonyl (C=O) groups is 1. The number of fused-ring (bicyclic) bond motifs is 1. The van der Waals surface area contributed by atoms with Gasteiger partial charge in [0.15, 0.2) is 0 Å². The fourth-order valence-electron chi connectivity index (χ4n) is 3.25. The molecule has 3 N–H and O–H groups in total. The van der Waals surface area contributed by atoms with Crippen molar-refractivity contribution in [3.63, 3.8) is 0 Å². The molecule has 2 amide bonds. The monoisotopic (exact) mass is 275 g/mol. The van der Waals surface area contributed by atoms with E-state index in [0.29, 0.717) is 6.04 Å². The van der Waals surface area contributed by atoms with E-state index in [9.17, 15) is 9.59 Å². The molecule has 1 aromatic rings. The van der Waals surface area contributed by atoms with Crippen LogP contribution >= 0.6 is 0 Å². The summed E-state index contributed by atoms with van der Waals surface area (Å²) >= 11 is 0. The average Bonchev–Trinajstić information content (AvgIpc) is 2.91. The first-order valence-corrected chi connectivity index (χ1v) is 7.49. The lowest BCUT2D eigenvalue weighted by molar-refractivity contribution is 0.231. The van der Waals surface area contributed by atoms with E-state index < -0.39 is 0 Å². The average molecular weight is 275 g/mol. The molecule has 0 aromatic carbocycles. The van der Waals surface area contributed by atoms with Crippen LogP contribution in [0.15, 0.2) is 16.9 Å². The number of hydrogen-bond acceptors (Lipinski definition) is 2. The lowest BCUT2D eigenvalue weighted by Gasteiger charge is -2.26. The Labute approximate surface area is 118 Å². The van der Waals surface area contributed by atoms with Crippen LogP contribution in [0.5, 0.6) is 0 Å². The molecule has 1 atom stereocenters. The van der Waals surface area contributed by atoms with Crippen LogP contribution in [-0.4, -0.2) is 23.1 Å². The van der Waals surface area contributed by atoms with E-state index in [2.05, 4.69) is 15.6 Å². The van der Waals surface area contributed by atoms with Crippen molar-refractivity contribution >= 4 is 6.03 Å². The summed E-state index contributed by atoms with van der Waals surface area (Å²) in [7, 11) is 0. The van der Waals surface area contributed by atoms with Crippen LogP contribution in [0, 0.1) is 0 Å². The van der Waals surface area contributed by atoms with Gasteiger partial charge in [0.1, 0.15) is 0 Å². The minimum absolute atomic E-state index is 0.0465. The number of rotatable bonds is 2. The van der Waals surface area contributed by atoms with E-state index in [1.807, 2.05) is 6.07 Å². The molecule has 0 aliphatic heterocycles. The number of carbonyl (C=O) groups excluding carboxylic acids is 1. The molecule has 20 heavy (non-hydrogen) atoms. The number of H-pyrrole nitrogens is 1.